The quantitative estimate of drug-likeness (QED) is 0.274. The fourth-order valence-electron chi connectivity index (χ4n) is 5.83. The Morgan fingerprint density at radius 2 is 2.06 bits per heavy atom. The number of likely N-dealkylation sites (tertiary alicyclic amines) is 1. The predicted octanol–water partition coefficient (Wildman–Crippen LogP) is 3.45. The van der Waals surface area contributed by atoms with Crippen LogP contribution >= 0.6 is 23.4 Å². The van der Waals surface area contributed by atoms with Gasteiger partial charge in [0.1, 0.15) is 12.6 Å². The summed E-state index contributed by atoms with van der Waals surface area (Å²) in [5, 5.41) is 9.67. The van der Waals surface area contributed by atoms with Crippen molar-refractivity contribution in [1.82, 2.24) is 4.90 Å². The van der Waals surface area contributed by atoms with Crippen molar-refractivity contribution in [3.63, 3.8) is 0 Å². The molecule has 3 aliphatic heterocycles. The summed E-state index contributed by atoms with van der Waals surface area (Å²) < 4.78 is 4.67. The van der Waals surface area contributed by atoms with Gasteiger partial charge in [-0.1, -0.05) is 42.5 Å². The van der Waals surface area contributed by atoms with E-state index < -0.39 is 28.6 Å². The van der Waals surface area contributed by atoms with E-state index in [1.807, 2.05) is 6.07 Å². The third-order valence-electron chi connectivity index (χ3n) is 7.18. The first-order valence-corrected chi connectivity index (χ1v) is 13.2. The number of amides is 2. The van der Waals surface area contributed by atoms with Gasteiger partial charge in [-0.05, 0) is 37.8 Å². The van der Waals surface area contributed by atoms with Crippen molar-refractivity contribution >= 4 is 46.8 Å². The maximum atomic E-state index is 14.3. The molecule has 3 aliphatic rings. The van der Waals surface area contributed by atoms with Gasteiger partial charge in [0.15, 0.2) is 0 Å². The molecule has 0 radical (unpaired) electrons. The van der Waals surface area contributed by atoms with Crippen molar-refractivity contribution in [3.8, 4) is 0 Å². The molecule has 2 unspecified atom stereocenters. The summed E-state index contributed by atoms with van der Waals surface area (Å²) >= 11 is 8.06. The number of para-hydroxylation sites is 1. The molecule has 7 nitrogen and oxygen atoms in total. The molecule has 4 rings (SSSR count). The van der Waals surface area contributed by atoms with Crippen LogP contribution in [0.5, 0.6) is 0 Å². The molecule has 1 aromatic carbocycles. The number of carbonyl (C=O) groups is 3. The number of unbranched alkanes of at least 4 members (excludes halogenated alkanes) is 1. The van der Waals surface area contributed by atoms with E-state index in [4.69, 9.17) is 16.3 Å². The molecule has 1 aromatic rings. The van der Waals surface area contributed by atoms with Crippen molar-refractivity contribution in [2.75, 3.05) is 31.2 Å². The zero-order valence-electron chi connectivity index (χ0n) is 19.6. The van der Waals surface area contributed by atoms with Crippen LogP contribution in [0.4, 0.5) is 5.69 Å². The average Bonchev–Trinajstić information content (AvgIpc) is 3.49. The van der Waals surface area contributed by atoms with Crippen LogP contribution in [-0.4, -0.2) is 70.1 Å². The molecule has 5 atom stereocenters. The molecule has 3 saturated heterocycles. The number of hydrogen-bond acceptors (Lipinski definition) is 6. The zero-order chi connectivity index (χ0) is 25.2. The number of nitrogens with zero attached hydrogens (tertiary/aromatic N) is 2. The third-order valence-corrected chi connectivity index (χ3v) is 9.45. The smallest absolute Gasteiger partial charge is 0.311 e. The summed E-state index contributed by atoms with van der Waals surface area (Å²) in [6, 6.07) is 6.36. The Morgan fingerprint density at radius 3 is 2.74 bits per heavy atom. The number of thioether (sulfide) groups is 1. The average molecular weight is 519 g/mol. The van der Waals surface area contributed by atoms with Gasteiger partial charge in [-0.25, -0.2) is 0 Å². The summed E-state index contributed by atoms with van der Waals surface area (Å²) in [6.45, 7) is 8.07. The fraction of sp³-hybridized carbons (Fsp3) is 0.500. The van der Waals surface area contributed by atoms with E-state index in [1.165, 1.54) is 6.08 Å². The minimum Gasteiger partial charge on any atom is -0.461 e. The normalized spacial score (nSPS) is 28.6. The number of fused-ring (bicyclic) bond motifs is 1. The van der Waals surface area contributed by atoms with Gasteiger partial charge in [0.25, 0.3) is 5.91 Å². The molecule has 35 heavy (non-hydrogen) atoms. The van der Waals surface area contributed by atoms with Crippen molar-refractivity contribution in [2.45, 2.75) is 41.7 Å². The summed E-state index contributed by atoms with van der Waals surface area (Å²) in [4.78, 5) is 44.4. The second-order valence-corrected chi connectivity index (χ2v) is 11.1. The van der Waals surface area contributed by atoms with Crippen LogP contribution in [0.1, 0.15) is 25.7 Å². The second kappa shape index (κ2) is 10.8. The molecule has 0 aliphatic carbocycles. The number of rotatable bonds is 11. The van der Waals surface area contributed by atoms with Gasteiger partial charge in [-0.3, -0.25) is 14.4 Å². The van der Waals surface area contributed by atoms with Crippen LogP contribution in [-0.2, 0) is 19.1 Å². The summed E-state index contributed by atoms with van der Waals surface area (Å²) in [7, 11) is 0. The Bertz CT molecular complexity index is 1020. The SMILES string of the molecule is C=CCOC(=O)[C@@H]1[C@@H]2CCC3(S2)C(C(=O)N(CC=C)c2ccccc2Cl)N(CCCCO)C(=O)[C@H]13. The minimum atomic E-state index is -0.748. The summed E-state index contributed by atoms with van der Waals surface area (Å²) in [5.41, 5.74) is 0.557. The van der Waals surface area contributed by atoms with E-state index in [1.54, 1.807) is 45.8 Å². The number of anilines is 1. The van der Waals surface area contributed by atoms with Gasteiger partial charge in [-0.2, -0.15) is 0 Å². The van der Waals surface area contributed by atoms with E-state index in [9.17, 15) is 19.5 Å². The second-order valence-electron chi connectivity index (χ2n) is 9.13. The number of esters is 1. The largest absolute Gasteiger partial charge is 0.461 e. The highest BCUT2D eigenvalue weighted by atomic mass is 35.5. The van der Waals surface area contributed by atoms with Crippen molar-refractivity contribution in [3.05, 3.63) is 54.6 Å². The Kier molecular flexibility index (Phi) is 7.93. The maximum absolute atomic E-state index is 14.3. The Morgan fingerprint density at radius 1 is 1.29 bits per heavy atom. The van der Waals surface area contributed by atoms with Gasteiger partial charge in [-0.15, -0.1) is 18.3 Å². The molecule has 0 saturated carbocycles. The molecule has 2 bridgehead atoms. The van der Waals surface area contributed by atoms with Crippen LogP contribution in [0.15, 0.2) is 49.6 Å². The monoisotopic (exact) mass is 518 g/mol. The van der Waals surface area contributed by atoms with Crippen LogP contribution in [0, 0.1) is 11.8 Å². The summed E-state index contributed by atoms with van der Waals surface area (Å²) in [6.07, 6.45) is 5.63. The van der Waals surface area contributed by atoms with E-state index in [0.29, 0.717) is 36.5 Å². The van der Waals surface area contributed by atoms with Crippen LogP contribution in [0.25, 0.3) is 0 Å². The first kappa shape index (κ1) is 25.8. The van der Waals surface area contributed by atoms with Crippen LogP contribution in [0.3, 0.4) is 0 Å². The number of ether oxygens (including phenoxy) is 1. The number of halogens is 1. The number of aliphatic hydroxyl groups is 1. The molecule has 9 heteroatoms. The van der Waals surface area contributed by atoms with Gasteiger partial charge >= 0.3 is 5.97 Å². The lowest BCUT2D eigenvalue weighted by Gasteiger charge is -2.37. The van der Waals surface area contributed by atoms with Crippen molar-refractivity contribution in [1.29, 1.82) is 0 Å². The van der Waals surface area contributed by atoms with Gasteiger partial charge in [0.05, 0.1) is 27.3 Å². The van der Waals surface area contributed by atoms with Gasteiger partial charge in [0, 0.05) is 24.9 Å². The van der Waals surface area contributed by atoms with E-state index in [0.717, 1.165) is 6.42 Å². The minimum absolute atomic E-state index is 0.00472. The molecular weight excluding hydrogens is 488 g/mol. The standard InChI is InChI=1S/C26H31ClN2O5S/c1-3-13-28(18-10-6-5-9-17(18)27)24(32)22-26-12-11-19(35-26)20(25(33)34-16-4-2)21(26)23(31)29(22)14-7-8-15-30/h3-6,9-10,19-22,30H,1-2,7-8,11-16H2/t19-,20+,21-,22?,26?/m0/s1. The number of hydrogen-bond donors (Lipinski definition) is 1. The third kappa shape index (κ3) is 4.41. The molecule has 188 valence electrons. The van der Waals surface area contributed by atoms with E-state index in [2.05, 4.69) is 13.2 Å². The lowest BCUT2D eigenvalue weighted by atomic mass is 9.71. The molecule has 3 heterocycles. The van der Waals surface area contributed by atoms with Gasteiger partial charge < -0.3 is 19.6 Å². The number of carbonyl (C=O) groups excluding carboxylic acids is 3. The van der Waals surface area contributed by atoms with Gasteiger partial charge in [0.2, 0.25) is 5.91 Å². The highest BCUT2D eigenvalue weighted by Gasteiger charge is 2.74. The van der Waals surface area contributed by atoms with Crippen molar-refractivity contribution < 1.29 is 24.2 Å². The highest BCUT2D eigenvalue weighted by Crippen LogP contribution is 2.66. The van der Waals surface area contributed by atoms with Crippen LogP contribution < -0.4 is 4.90 Å². The topological polar surface area (TPSA) is 87.2 Å². The molecule has 1 N–H and O–H groups in total. The molecule has 3 fully saturated rings. The lowest BCUT2D eigenvalue weighted by molar-refractivity contribution is -0.153. The lowest BCUT2D eigenvalue weighted by Crippen LogP contribution is -2.55. The maximum Gasteiger partial charge on any atom is 0.311 e. The fourth-order valence-corrected chi connectivity index (χ4v) is 8.27. The molecular formula is C26H31ClN2O5S. The molecule has 0 aromatic heterocycles. The molecule has 1 spiro atoms. The van der Waals surface area contributed by atoms with Crippen molar-refractivity contribution in [2.24, 2.45) is 11.8 Å². The first-order valence-electron chi connectivity index (χ1n) is 11.9. The number of aliphatic hydroxyl groups excluding tert-OH is 1. The Hall–Kier alpha value is -2.29. The molecule has 2 amide bonds. The van der Waals surface area contributed by atoms with E-state index >= 15 is 0 Å². The predicted molar refractivity (Wildman–Crippen MR) is 137 cm³/mol. The summed E-state index contributed by atoms with van der Waals surface area (Å²) in [5.74, 6) is -2.03. The Balaban J connectivity index is 1.74. The van der Waals surface area contributed by atoms with Crippen LogP contribution in [0.2, 0.25) is 5.02 Å². The van der Waals surface area contributed by atoms with E-state index in [-0.39, 0.29) is 36.8 Å². The number of benzene rings is 1. The Labute approximate surface area is 215 Å². The zero-order valence-corrected chi connectivity index (χ0v) is 21.2. The first-order chi connectivity index (χ1) is 16.9. The highest BCUT2D eigenvalue weighted by molar-refractivity contribution is 8.02.